The zero-order chi connectivity index (χ0) is 16.7. The fourth-order valence-electron chi connectivity index (χ4n) is 3.16. The minimum absolute atomic E-state index is 0.193. The van der Waals surface area contributed by atoms with Crippen molar-refractivity contribution < 1.29 is 4.79 Å². The van der Waals surface area contributed by atoms with Gasteiger partial charge in [-0.25, -0.2) is 0 Å². The molecule has 0 atom stereocenters. The number of piperidine rings is 1. The molecular formula is C19H27N3O. The summed E-state index contributed by atoms with van der Waals surface area (Å²) in [6.07, 6.45) is 3.91. The summed E-state index contributed by atoms with van der Waals surface area (Å²) in [7, 11) is 0. The van der Waals surface area contributed by atoms with Crippen LogP contribution in [0.1, 0.15) is 50.7 Å². The maximum atomic E-state index is 12.4. The maximum absolute atomic E-state index is 12.4. The van der Waals surface area contributed by atoms with Gasteiger partial charge in [-0.2, -0.15) is 5.26 Å². The van der Waals surface area contributed by atoms with Crippen molar-refractivity contribution in [1.29, 1.82) is 5.26 Å². The topological polar surface area (TPSA) is 56.1 Å². The molecule has 0 radical (unpaired) electrons. The lowest BCUT2D eigenvalue weighted by molar-refractivity contribution is -0.136. The van der Waals surface area contributed by atoms with Gasteiger partial charge in [0.1, 0.15) is 0 Å². The molecule has 1 amide bonds. The third-order valence-electron chi connectivity index (χ3n) is 4.82. The zero-order valence-electron chi connectivity index (χ0n) is 14.2. The van der Waals surface area contributed by atoms with Crippen molar-refractivity contribution in [3.8, 4) is 6.07 Å². The standard InChI is InChI=1S/C19H27N3O/c1-3-17(4-2)19(23)22-11-9-18(10-12-22)21-14-16-7-5-15(13-20)6-8-16/h5-8,17-18,21H,3-4,9-12,14H2,1-2H3. The van der Waals surface area contributed by atoms with Crippen molar-refractivity contribution in [1.82, 2.24) is 10.2 Å². The number of carbonyl (C=O) groups is 1. The molecule has 4 heteroatoms. The Balaban J connectivity index is 1.76. The van der Waals surface area contributed by atoms with E-state index in [0.717, 1.165) is 45.3 Å². The summed E-state index contributed by atoms with van der Waals surface area (Å²) < 4.78 is 0. The Labute approximate surface area is 139 Å². The number of rotatable bonds is 6. The summed E-state index contributed by atoms with van der Waals surface area (Å²) in [6.45, 7) is 6.73. The maximum Gasteiger partial charge on any atom is 0.225 e. The second-order valence-corrected chi connectivity index (χ2v) is 6.30. The predicted molar refractivity (Wildman–Crippen MR) is 91.7 cm³/mol. The van der Waals surface area contributed by atoms with Crippen LogP contribution in [-0.4, -0.2) is 29.9 Å². The Bertz CT molecular complexity index is 535. The Morgan fingerprint density at radius 2 is 1.87 bits per heavy atom. The Hall–Kier alpha value is -1.86. The molecule has 0 unspecified atom stereocenters. The van der Waals surface area contributed by atoms with Gasteiger partial charge in [0.05, 0.1) is 11.6 Å². The average Bonchev–Trinajstić information content (AvgIpc) is 2.61. The van der Waals surface area contributed by atoms with Gasteiger partial charge in [0, 0.05) is 31.6 Å². The van der Waals surface area contributed by atoms with Crippen LogP contribution in [0.25, 0.3) is 0 Å². The molecule has 1 aromatic rings. The smallest absolute Gasteiger partial charge is 0.225 e. The summed E-state index contributed by atoms with van der Waals surface area (Å²) >= 11 is 0. The number of likely N-dealkylation sites (tertiary alicyclic amines) is 1. The summed E-state index contributed by atoms with van der Waals surface area (Å²) in [6, 6.07) is 10.3. The molecule has 1 aromatic carbocycles. The molecule has 0 aliphatic carbocycles. The van der Waals surface area contributed by atoms with Gasteiger partial charge in [0.25, 0.3) is 0 Å². The summed E-state index contributed by atoms with van der Waals surface area (Å²) in [4.78, 5) is 14.4. The van der Waals surface area contributed by atoms with E-state index in [1.807, 2.05) is 29.2 Å². The second kappa shape index (κ2) is 8.69. The number of nitriles is 1. The Morgan fingerprint density at radius 1 is 1.26 bits per heavy atom. The van der Waals surface area contributed by atoms with E-state index < -0.39 is 0 Å². The second-order valence-electron chi connectivity index (χ2n) is 6.30. The van der Waals surface area contributed by atoms with E-state index >= 15 is 0 Å². The average molecular weight is 313 g/mol. The predicted octanol–water partition coefficient (Wildman–Crippen LogP) is 3.08. The number of amides is 1. The van der Waals surface area contributed by atoms with Crippen LogP contribution in [0.5, 0.6) is 0 Å². The van der Waals surface area contributed by atoms with E-state index in [-0.39, 0.29) is 5.92 Å². The monoisotopic (exact) mass is 313 g/mol. The molecule has 0 aromatic heterocycles. The van der Waals surface area contributed by atoms with Gasteiger partial charge in [-0.1, -0.05) is 26.0 Å². The highest BCUT2D eigenvalue weighted by atomic mass is 16.2. The number of nitrogens with one attached hydrogen (secondary N) is 1. The minimum Gasteiger partial charge on any atom is -0.342 e. The van der Waals surface area contributed by atoms with Crippen LogP contribution < -0.4 is 5.32 Å². The molecule has 2 rings (SSSR count). The largest absolute Gasteiger partial charge is 0.342 e. The van der Waals surface area contributed by atoms with Gasteiger partial charge in [0.15, 0.2) is 0 Å². The summed E-state index contributed by atoms with van der Waals surface area (Å²) in [5.74, 6) is 0.527. The SMILES string of the molecule is CCC(CC)C(=O)N1CCC(NCc2ccc(C#N)cc2)CC1. The van der Waals surface area contributed by atoms with Crippen molar-refractivity contribution in [2.45, 2.75) is 52.1 Å². The van der Waals surface area contributed by atoms with Crippen molar-refractivity contribution in [3.05, 3.63) is 35.4 Å². The lowest BCUT2D eigenvalue weighted by Gasteiger charge is -2.34. The lowest BCUT2D eigenvalue weighted by atomic mass is 9.98. The number of hydrogen-bond donors (Lipinski definition) is 1. The van der Waals surface area contributed by atoms with Crippen molar-refractivity contribution in [3.63, 3.8) is 0 Å². The van der Waals surface area contributed by atoms with Crippen molar-refractivity contribution in [2.75, 3.05) is 13.1 Å². The highest BCUT2D eigenvalue weighted by molar-refractivity contribution is 5.78. The minimum atomic E-state index is 0.193. The molecule has 124 valence electrons. The zero-order valence-corrected chi connectivity index (χ0v) is 14.2. The number of hydrogen-bond acceptors (Lipinski definition) is 3. The van der Waals surface area contributed by atoms with Gasteiger partial charge in [-0.05, 0) is 43.4 Å². The molecule has 1 aliphatic rings. The van der Waals surface area contributed by atoms with Crippen LogP contribution >= 0.6 is 0 Å². The van der Waals surface area contributed by atoms with Gasteiger partial charge in [-0.15, -0.1) is 0 Å². The molecule has 0 spiro atoms. The van der Waals surface area contributed by atoms with Crippen LogP contribution in [0, 0.1) is 17.2 Å². The molecule has 1 aliphatic heterocycles. The Morgan fingerprint density at radius 3 is 2.39 bits per heavy atom. The fraction of sp³-hybridized carbons (Fsp3) is 0.579. The lowest BCUT2D eigenvalue weighted by Crippen LogP contribution is -2.46. The van der Waals surface area contributed by atoms with Crippen LogP contribution in [0.2, 0.25) is 0 Å². The molecule has 1 N–H and O–H groups in total. The number of carbonyl (C=O) groups excluding carboxylic acids is 1. The molecule has 4 nitrogen and oxygen atoms in total. The molecule has 1 heterocycles. The third kappa shape index (κ3) is 4.80. The van der Waals surface area contributed by atoms with E-state index in [0.29, 0.717) is 17.5 Å². The van der Waals surface area contributed by atoms with E-state index in [2.05, 4.69) is 25.2 Å². The first-order valence-corrected chi connectivity index (χ1v) is 8.69. The first kappa shape index (κ1) is 17.5. The van der Waals surface area contributed by atoms with Gasteiger partial charge >= 0.3 is 0 Å². The molecule has 1 fully saturated rings. The van der Waals surface area contributed by atoms with Crippen molar-refractivity contribution >= 4 is 5.91 Å². The number of nitrogens with zero attached hydrogens (tertiary/aromatic N) is 2. The van der Waals surface area contributed by atoms with E-state index in [9.17, 15) is 4.79 Å². The highest BCUT2D eigenvalue weighted by Gasteiger charge is 2.26. The van der Waals surface area contributed by atoms with E-state index in [1.165, 1.54) is 5.56 Å². The normalized spacial score (nSPS) is 15.7. The van der Waals surface area contributed by atoms with Gasteiger partial charge in [0.2, 0.25) is 5.91 Å². The first-order valence-electron chi connectivity index (χ1n) is 8.69. The highest BCUT2D eigenvalue weighted by Crippen LogP contribution is 2.17. The van der Waals surface area contributed by atoms with Crippen LogP contribution in [0.15, 0.2) is 24.3 Å². The van der Waals surface area contributed by atoms with Crippen LogP contribution in [0.4, 0.5) is 0 Å². The number of benzene rings is 1. The molecule has 0 saturated carbocycles. The first-order chi connectivity index (χ1) is 11.2. The van der Waals surface area contributed by atoms with Gasteiger partial charge in [-0.3, -0.25) is 4.79 Å². The molecular weight excluding hydrogens is 286 g/mol. The van der Waals surface area contributed by atoms with Crippen molar-refractivity contribution in [2.24, 2.45) is 5.92 Å². The molecule has 0 bridgehead atoms. The quantitative estimate of drug-likeness (QED) is 0.878. The molecule has 1 saturated heterocycles. The van der Waals surface area contributed by atoms with Crippen LogP contribution in [-0.2, 0) is 11.3 Å². The van der Waals surface area contributed by atoms with E-state index in [4.69, 9.17) is 5.26 Å². The summed E-state index contributed by atoms with van der Waals surface area (Å²) in [5.41, 5.74) is 1.89. The fourth-order valence-corrected chi connectivity index (χ4v) is 3.16. The summed E-state index contributed by atoms with van der Waals surface area (Å²) in [5, 5.41) is 12.4. The Kier molecular flexibility index (Phi) is 6.61. The third-order valence-corrected chi connectivity index (χ3v) is 4.82. The van der Waals surface area contributed by atoms with Gasteiger partial charge < -0.3 is 10.2 Å². The van der Waals surface area contributed by atoms with Crippen LogP contribution in [0.3, 0.4) is 0 Å². The molecule has 23 heavy (non-hydrogen) atoms. The van der Waals surface area contributed by atoms with E-state index in [1.54, 1.807) is 0 Å².